The lowest BCUT2D eigenvalue weighted by atomic mass is 10.00. The number of carbonyl (C=O) groups excluding carboxylic acids is 1. The second-order valence-electron chi connectivity index (χ2n) is 10.3. The molecule has 2 aromatic heterocycles. The van der Waals surface area contributed by atoms with E-state index >= 15 is 4.39 Å². The van der Waals surface area contributed by atoms with Crippen molar-refractivity contribution in [3.63, 3.8) is 0 Å². The van der Waals surface area contributed by atoms with Crippen molar-refractivity contribution in [2.75, 3.05) is 25.0 Å². The number of hydrogen-bond acceptors (Lipinski definition) is 6. The number of ether oxygens (including phenoxy) is 1. The average molecular weight is 475 g/mol. The second kappa shape index (κ2) is 8.56. The van der Waals surface area contributed by atoms with Crippen molar-refractivity contribution in [1.82, 2.24) is 14.5 Å². The molecule has 1 unspecified atom stereocenters. The van der Waals surface area contributed by atoms with Crippen LogP contribution in [0.2, 0.25) is 0 Å². The molecule has 1 aliphatic heterocycles. The Morgan fingerprint density at radius 1 is 1.29 bits per heavy atom. The number of hydrogen-bond donors (Lipinski definition) is 1. The summed E-state index contributed by atoms with van der Waals surface area (Å²) in [5.41, 5.74) is -1.41. The third-order valence-electron chi connectivity index (χ3n) is 6.61. The minimum Gasteiger partial charge on any atom is -0.477 e. The van der Waals surface area contributed by atoms with Gasteiger partial charge in [0, 0.05) is 38.4 Å². The Morgan fingerprint density at radius 2 is 1.97 bits per heavy atom. The number of carbonyl (C=O) groups is 2. The maximum atomic E-state index is 15.1. The normalized spacial score (nSPS) is 19.4. The Morgan fingerprint density at radius 3 is 2.56 bits per heavy atom. The number of aromatic nitrogens is 2. The number of fused-ring (bicyclic) bond motifs is 1. The van der Waals surface area contributed by atoms with Gasteiger partial charge >= 0.3 is 12.1 Å². The van der Waals surface area contributed by atoms with E-state index in [1.54, 1.807) is 16.5 Å². The van der Waals surface area contributed by atoms with Gasteiger partial charge in [-0.15, -0.1) is 0 Å². The second-order valence-corrected chi connectivity index (χ2v) is 10.3. The fourth-order valence-corrected chi connectivity index (χ4v) is 4.43. The zero-order valence-corrected chi connectivity index (χ0v) is 20.2. The van der Waals surface area contributed by atoms with Crippen molar-refractivity contribution in [2.45, 2.75) is 64.6 Å². The molecule has 1 amide bonds. The molecule has 3 heterocycles. The van der Waals surface area contributed by atoms with Crippen LogP contribution in [0.15, 0.2) is 17.1 Å². The van der Waals surface area contributed by atoms with Crippen LogP contribution < -0.4 is 10.3 Å². The predicted octanol–water partition coefficient (Wildman–Crippen LogP) is 3.65. The first-order chi connectivity index (χ1) is 15.9. The summed E-state index contributed by atoms with van der Waals surface area (Å²) < 4.78 is 22.3. The molecule has 1 aliphatic carbocycles. The van der Waals surface area contributed by atoms with Gasteiger partial charge in [-0.3, -0.25) is 4.79 Å². The summed E-state index contributed by atoms with van der Waals surface area (Å²) >= 11 is 0. The molecule has 34 heavy (non-hydrogen) atoms. The van der Waals surface area contributed by atoms with E-state index < -0.39 is 28.9 Å². The molecule has 0 radical (unpaired) electrons. The number of aromatic carboxylic acids is 1. The number of rotatable bonds is 5. The van der Waals surface area contributed by atoms with Crippen LogP contribution in [-0.2, 0) is 4.74 Å². The van der Waals surface area contributed by atoms with E-state index in [2.05, 4.69) is 4.98 Å². The van der Waals surface area contributed by atoms with Gasteiger partial charge in [0.2, 0.25) is 5.43 Å². The monoisotopic (exact) mass is 474 g/mol. The zero-order valence-electron chi connectivity index (χ0n) is 20.2. The molecule has 0 aromatic carbocycles. The van der Waals surface area contributed by atoms with Gasteiger partial charge < -0.3 is 24.2 Å². The standard InChI is InChI=1S/C24H31FN4O5/c1-13(27(5)23(33)34-24(2,3)4)14-8-9-28(11-14)21-18(25)10-16-19(30)17(22(31)32)12-29(15-6-7-15)20(16)26-21/h10,12-15H,6-9,11H2,1-5H3,(H,31,32)/t13-,14?/m0/s1. The number of amides is 1. The minimum absolute atomic E-state index is 0.0261. The first-order valence-electron chi connectivity index (χ1n) is 11.6. The molecular weight excluding hydrogens is 443 g/mol. The number of halogens is 1. The molecule has 2 fully saturated rings. The molecule has 0 spiro atoms. The van der Waals surface area contributed by atoms with Gasteiger partial charge in [-0.25, -0.2) is 19.0 Å². The highest BCUT2D eigenvalue weighted by Gasteiger charge is 2.35. The smallest absolute Gasteiger partial charge is 0.410 e. The summed E-state index contributed by atoms with van der Waals surface area (Å²) in [6.45, 7) is 8.43. The number of carboxylic acids is 1. The summed E-state index contributed by atoms with van der Waals surface area (Å²) in [6.07, 6.45) is 3.36. The summed E-state index contributed by atoms with van der Waals surface area (Å²) in [7, 11) is 1.70. The minimum atomic E-state index is -1.34. The number of carboxylic acid groups (broad SMARTS) is 1. The summed E-state index contributed by atoms with van der Waals surface area (Å²) in [6, 6.07) is 1.03. The Labute approximate surface area is 197 Å². The van der Waals surface area contributed by atoms with Crippen molar-refractivity contribution in [2.24, 2.45) is 5.92 Å². The number of pyridine rings is 2. The van der Waals surface area contributed by atoms with Crippen LogP contribution in [-0.4, -0.2) is 63.4 Å². The highest BCUT2D eigenvalue weighted by atomic mass is 19.1. The van der Waals surface area contributed by atoms with Crippen molar-refractivity contribution in [3.8, 4) is 0 Å². The van der Waals surface area contributed by atoms with E-state index in [-0.39, 0.29) is 34.8 Å². The molecule has 1 saturated heterocycles. The predicted molar refractivity (Wildman–Crippen MR) is 125 cm³/mol. The largest absolute Gasteiger partial charge is 0.477 e. The molecular formula is C24H31FN4O5. The Kier molecular flexibility index (Phi) is 6.03. The lowest BCUT2D eigenvalue weighted by Crippen LogP contribution is -2.43. The highest BCUT2D eigenvalue weighted by Crippen LogP contribution is 2.37. The van der Waals surface area contributed by atoms with Crippen LogP contribution in [0.25, 0.3) is 11.0 Å². The SMILES string of the molecule is C[C@@H](C1CCN(c2nc3c(cc2F)c(=O)c(C(=O)O)cn3C2CC2)C1)N(C)C(=O)OC(C)(C)C. The van der Waals surface area contributed by atoms with E-state index in [0.29, 0.717) is 18.7 Å². The van der Waals surface area contributed by atoms with E-state index in [0.717, 1.165) is 25.3 Å². The molecule has 2 aliphatic rings. The maximum absolute atomic E-state index is 15.1. The van der Waals surface area contributed by atoms with Crippen LogP contribution in [0, 0.1) is 11.7 Å². The van der Waals surface area contributed by atoms with Gasteiger partial charge in [0.1, 0.15) is 16.8 Å². The summed E-state index contributed by atoms with van der Waals surface area (Å²) in [5.74, 6) is -1.78. The van der Waals surface area contributed by atoms with Crippen LogP contribution in [0.5, 0.6) is 0 Å². The topological polar surface area (TPSA) is 105 Å². The highest BCUT2D eigenvalue weighted by molar-refractivity contribution is 5.92. The lowest BCUT2D eigenvalue weighted by molar-refractivity contribution is 0.0192. The van der Waals surface area contributed by atoms with Gasteiger partial charge in [0.25, 0.3) is 0 Å². The van der Waals surface area contributed by atoms with Gasteiger partial charge in [0.15, 0.2) is 11.6 Å². The van der Waals surface area contributed by atoms with E-state index in [1.807, 2.05) is 32.6 Å². The molecule has 0 bridgehead atoms. The maximum Gasteiger partial charge on any atom is 0.410 e. The van der Waals surface area contributed by atoms with E-state index in [4.69, 9.17) is 4.74 Å². The fourth-order valence-electron chi connectivity index (χ4n) is 4.43. The first kappa shape index (κ1) is 24.0. The van der Waals surface area contributed by atoms with Crippen molar-refractivity contribution in [3.05, 3.63) is 33.9 Å². The average Bonchev–Trinajstić information content (AvgIpc) is 3.47. The van der Waals surface area contributed by atoms with Crippen LogP contribution >= 0.6 is 0 Å². The molecule has 2 aromatic rings. The van der Waals surface area contributed by atoms with E-state index in [1.165, 1.54) is 6.20 Å². The van der Waals surface area contributed by atoms with Crippen molar-refractivity contribution < 1.29 is 23.8 Å². The number of anilines is 1. The Balaban J connectivity index is 1.61. The third kappa shape index (κ3) is 4.58. The molecule has 1 saturated carbocycles. The van der Waals surface area contributed by atoms with Gasteiger partial charge in [-0.2, -0.15) is 0 Å². The Hall–Kier alpha value is -3.17. The van der Waals surface area contributed by atoms with Crippen LogP contribution in [0.4, 0.5) is 15.0 Å². The molecule has 2 atom stereocenters. The van der Waals surface area contributed by atoms with E-state index in [9.17, 15) is 19.5 Å². The first-order valence-corrected chi connectivity index (χ1v) is 11.6. The molecule has 10 heteroatoms. The van der Waals surface area contributed by atoms with Gasteiger partial charge in [-0.05, 0) is 58.9 Å². The van der Waals surface area contributed by atoms with Gasteiger partial charge in [0.05, 0.1) is 5.39 Å². The van der Waals surface area contributed by atoms with Gasteiger partial charge in [-0.1, -0.05) is 0 Å². The third-order valence-corrected chi connectivity index (χ3v) is 6.61. The molecule has 9 nitrogen and oxygen atoms in total. The van der Waals surface area contributed by atoms with Crippen LogP contribution in [0.1, 0.15) is 63.4 Å². The molecule has 1 N–H and O–H groups in total. The van der Waals surface area contributed by atoms with Crippen molar-refractivity contribution >= 4 is 28.9 Å². The number of nitrogens with zero attached hydrogens (tertiary/aromatic N) is 4. The Bertz CT molecular complexity index is 1200. The van der Waals surface area contributed by atoms with Crippen LogP contribution in [0.3, 0.4) is 0 Å². The summed E-state index contributed by atoms with van der Waals surface area (Å²) in [4.78, 5) is 44.6. The molecule has 184 valence electrons. The molecule has 4 rings (SSSR count). The zero-order chi connectivity index (χ0) is 24.9. The van der Waals surface area contributed by atoms with Crippen molar-refractivity contribution in [1.29, 1.82) is 0 Å². The quantitative estimate of drug-likeness (QED) is 0.705. The lowest BCUT2D eigenvalue weighted by Gasteiger charge is -2.32. The fraction of sp³-hybridized carbons (Fsp3) is 0.583. The summed E-state index contributed by atoms with van der Waals surface area (Å²) in [5, 5.41) is 9.38.